The molecule has 3 N–H and O–H groups in total. The minimum Gasteiger partial charge on any atom is -0.508 e. The van der Waals surface area contributed by atoms with Crippen molar-refractivity contribution >= 4 is 23.2 Å². The van der Waals surface area contributed by atoms with E-state index in [1.54, 1.807) is 36.4 Å². The van der Waals surface area contributed by atoms with E-state index >= 15 is 0 Å². The Hall–Kier alpha value is -3.60. The average molecular weight is 388 g/mol. The number of phenolic OH excluding ortho intramolecular Hbond substituents is 1. The van der Waals surface area contributed by atoms with Gasteiger partial charge in [0.1, 0.15) is 5.75 Å². The molecule has 3 aromatic rings. The molecule has 0 fully saturated rings. The van der Waals surface area contributed by atoms with E-state index in [9.17, 15) is 14.7 Å². The van der Waals surface area contributed by atoms with Crippen LogP contribution in [0.2, 0.25) is 0 Å². The second-order valence-electron chi connectivity index (χ2n) is 7.83. The second kappa shape index (κ2) is 8.19. The van der Waals surface area contributed by atoms with Crippen molar-refractivity contribution in [1.82, 2.24) is 0 Å². The van der Waals surface area contributed by atoms with E-state index in [0.29, 0.717) is 22.5 Å². The van der Waals surface area contributed by atoms with Crippen molar-refractivity contribution in [3.63, 3.8) is 0 Å². The van der Waals surface area contributed by atoms with E-state index in [1.807, 2.05) is 12.1 Å². The number of carbonyl (C=O) groups is 2. The molecule has 0 unspecified atom stereocenters. The molecule has 0 radical (unpaired) electrons. The molecule has 0 spiro atoms. The molecule has 0 aromatic heterocycles. The van der Waals surface area contributed by atoms with Gasteiger partial charge in [-0.3, -0.25) is 9.59 Å². The summed E-state index contributed by atoms with van der Waals surface area (Å²) in [6.07, 6.45) is 0. The van der Waals surface area contributed by atoms with Crippen LogP contribution in [0.25, 0.3) is 0 Å². The first kappa shape index (κ1) is 20.1. The normalized spacial score (nSPS) is 11.0. The van der Waals surface area contributed by atoms with Crippen LogP contribution in [0.1, 0.15) is 47.1 Å². The first-order chi connectivity index (χ1) is 13.7. The number of hydrogen-bond donors (Lipinski definition) is 3. The molecule has 0 saturated heterocycles. The van der Waals surface area contributed by atoms with Crippen molar-refractivity contribution in [3.8, 4) is 5.75 Å². The molecule has 5 heteroatoms. The molecule has 0 aliphatic rings. The van der Waals surface area contributed by atoms with Gasteiger partial charge in [-0.25, -0.2) is 0 Å². The van der Waals surface area contributed by atoms with Crippen molar-refractivity contribution in [3.05, 3.63) is 89.5 Å². The summed E-state index contributed by atoms with van der Waals surface area (Å²) in [7, 11) is 0. The molecule has 5 nitrogen and oxygen atoms in total. The van der Waals surface area contributed by atoms with Crippen LogP contribution in [0.15, 0.2) is 72.8 Å². The van der Waals surface area contributed by atoms with Crippen molar-refractivity contribution in [2.75, 3.05) is 10.6 Å². The lowest BCUT2D eigenvalue weighted by Crippen LogP contribution is -2.17. The fraction of sp³-hybridized carbons (Fsp3) is 0.167. The topological polar surface area (TPSA) is 78.4 Å². The zero-order valence-electron chi connectivity index (χ0n) is 16.7. The predicted molar refractivity (Wildman–Crippen MR) is 116 cm³/mol. The summed E-state index contributed by atoms with van der Waals surface area (Å²) >= 11 is 0. The van der Waals surface area contributed by atoms with Gasteiger partial charge in [-0.2, -0.15) is 0 Å². The number of amides is 2. The Kier molecular flexibility index (Phi) is 5.69. The lowest BCUT2D eigenvalue weighted by molar-refractivity contribution is 0.101. The number of carbonyl (C=O) groups excluding carboxylic acids is 2. The first-order valence-electron chi connectivity index (χ1n) is 9.35. The average Bonchev–Trinajstić information content (AvgIpc) is 2.69. The molecule has 2 amide bonds. The number of benzene rings is 3. The number of anilines is 2. The molecule has 0 bridgehead atoms. The van der Waals surface area contributed by atoms with Gasteiger partial charge in [0, 0.05) is 11.1 Å². The highest BCUT2D eigenvalue weighted by atomic mass is 16.3. The summed E-state index contributed by atoms with van der Waals surface area (Å²) in [6.45, 7) is 6.36. The highest BCUT2D eigenvalue weighted by Crippen LogP contribution is 2.25. The van der Waals surface area contributed by atoms with E-state index in [0.717, 1.165) is 5.56 Å². The molecule has 3 rings (SSSR count). The minimum absolute atomic E-state index is 0.0140. The third kappa shape index (κ3) is 5.02. The van der Waals surface area contributed by atoms with Crippen LogP contribution in [0, 0.1) is 0 Å². The van der Waals surface area contributed by atoms with Gasteiger partial charge in [-0.15, -0.1) is 0 Å². The summed E-state index contributed by atoms with van der Waals surface area (Å²) in [5, 5.41) is 15.0. The van der Waals surface area contributed by atoms with E-state index in [4.69, 9.17) is 0 Å². The van der Waals surface area contributed by atoms with Crippen molar-refractivity contribution < 1.29 is 14.7 Å². The van der Waals surface area contributed by atoms with Crippen LogP contribution in [0.5, 0.6) is 5.75 Å². The third-order valence-electron chi connectivity index (χ3n) is 4.57. The van der Waals surface area contributed by atoms with Crippen LogP contribution in [-0.2, 0) is 5.41 Å². The maximum Gasteiger partial charge on any atom is 0.255 e. The lowest BCUT2D eigenvalue weighted by Gasteiger charge is -2.19. The summed E-state index contributed by atoms with van der Waals surface area (Å²) in [5.74, 6) is -0.496. The van der Waals surface area contributed by atoms with Gasteiger partial charge in [0.15, 0.2) is 0 Å². The van der Waals surface area contributed by atoms with Crippen LogP contribution in [-0.4, -0.2) is 16.9 Å². The van der Waals surface area contributed by atoms with Gasteiger partial charge >= 0.3 is 0 Å². The second-order valence-corrected chi connectivity index (χ2v) is 7.83. The molecular formula is C24H24N2O3. The Balaban J connectivity index is 1.75. The molecule has 0 aliphatic carbocycles. The number of phenols is 1. The van der Waals surface area contributed by atoms with Gasteiger partial charge in [0.2, 0.25) is 0 Å². The molecule has 0 saturated carbocycles. The van der Waals surface area contributed by atoms with Crippen LogP contribution >= 0.6 is 0 Å². The van der Waals surface area contributed by atoms with Crippen molar-refractivity contribution in [1.29, 1.82) is 0 Å². The van der Waals surface area contributed by atoms with Crippen LogP contribution < -0.4 is 10.6 Å². The Morgan fingerprint density at radius 3 is 1.52 bits per heavy atom. The Labute approximate surface area is 170 Å². The molecule has 3 aromatic carbocycles. The van der Waals surface area contributed by atoms with Gasteiger partial charge in [-0.05, 0) is 59.5 Å². The van der Waals surface area contributed by atoms with Gasteiger partial charge < -0.3 is 15.7 Å². The quantitative estimate of drug-likeness (QED) is 0.575. The molecule has 0 heterocycles. The molecule has 29 heavy (non-hydrogen) atoms. The number of rotatable bonds is 4. The Morgan fingerprint density at radius 1 is 0.690 bits per heavy atom. The van der Waals surface area contributed by atoms with E-state index < -0.39 is 0 Å². The summed E-state index contributed by atoms with van der Waals surface area (Å²) in [5.41, 5.74) is 3.10. The highest BCUT2D eigenvalue weighted by Gasteiger charge is 2.15. The van der Waals surface area contributed by atoms with E-state index in [1.165, 1.54) is 24.3 Å². The highest BCUT2D eigenvalue weighted by molar-refractivity contribution is 6.10. The SMILES string of the molecule is CC(C)(C)c1ccc(C(=O)Nc2ccccc2NC(=O)c2ccc(O)cc2)cc1. The zero-order chi connectivity index (χ0) is 21.0. The van der Waals surface area contributed by atoms with Crippen molar-refractivity contribution in [2.24, 2.45) is 0 Å². The number of nitrogens with one attached hydrogen (secondary N) is 2. The maximum atomic E-state index is 12.7. The number of aromatic hydroxyl groups is 1. The standard InChI is InChI=1S/C24H24N2O3/c1-24(2,3)18-12-8-16(9-13-18)22(28)25-20-6-4-5-7-21(20)26-23(29)17-10-14-19(27)15-11-17/h4-15,27H,1-3H3,(H,25,28)(H,26,29). The number of hydrogen-bond acceptors (Lipinski definition) is 3. The minimum atomic E-state index is -0.332. The zero-order valence-corrected chi connectivity index (χ0v) is 16.7. The smallest absolute Gasteiger partial charge is 0.255 e. The van der Waals surface area contributed by atoms with E-state index in [-0.39, 0.29) is 23.0 Å². The first-order valence-corrected chi connectivity index (χ1v) is 9.35. The maximum absolute atomic E-state index is 12.7. The molecule has 0 atom stereocenters. The summed E-state index contributed by atoms with van der Waals surface area (Å²) < 4.78 is 0. The van der Waals surface area contributed by atoms with Crippen LogP contribution in [0.4, 0.5) is 11.4 Å². The Bertz CT molecular complexity index is 1020. The molecule has 0 aliphatic heterocycles. The monoisotopic (exact) mass is 388 g/mol. The summed E-state index contributed by atoms with van der Waals surface area (Å²) in [4.78, 5) is 25.1. The number of para-hydroxylation sites is 2. The largest absolute Gasteiger partial charge is 0.508 e. The van der Waals surface area contributed by atoms with Gasteiger partial charge in [0.05, 0.1) is 11.4 Å². The van der Waals surface area contributed by atoms with Crippen LogP contribution in [0.3, 0.4) is 0 Å². The van der Waals surface area contributed by atoms with Crippen molar-refractivity contribution in [2.45, 2.75) is 26.2 Å². The fourth-order valence-electron chi connectivity index (χ4n) is 2.82. The fourth-order valence-corrected chi connectivity index (χ4v) is 2.82. The molecule has 148 valence electrons. The third-order valence-corrected chi connectivity index (χ3v) is 4.57. The van der Waals surface area contributed by atoms with E-state index in [2.05, 4.69) is 31.4 Å². The molecular weight excluding hydrogens is 364 g/mol. The van der Waals surface area contributed by atoms with Gasteiger partial charge in [-0.1, -0.05) is 45.0 Å². The Morgan fingerprint density at radius 2 is 1.10 bits per heavy atom. The predicted octanol–water partition coefficient (Wildman–Crippen LogP) is 5.19. The summed E-state index contributed by atoms with van der Waals surface area (Å²) in [6, 6.07) is 20.5. The van der Waals surface area contributed by atoms with Gasteiger partial charge in [0.25, 0.3) is 11.8 Å². The lowest BCUT2D eigenvalue weighted by atomic mass is 9.87.